The van der Waals surface area contributed by atoms with Gasteiger partial charge in [0.2, 0.25) is 5.91 Å². The highest BCUT2D eigenvalue weighted by molar-refractivity contribution is 5.99. The topological polar surface area (TPSA) is 77.9 Å². The lowest BCUT2D eigenvalue weighted by Crippen LogP contribution is -2.59. The van der Waals surface area contributed by atoms with Gasteiger partial charge in [0.25, 0.3) is 5.91 Å². The molecule has 1 fully saturated rings. The summed E-state index contributed by atoms with van der Waals surface area (Å²) < 4.78 is 0. The molecule has 1 aromatic rings. The van der Waals surface area contributed by atoms with Crippen molar-refractivity contribution >= 4 is 17.8 Å². The monoisotopic (exact) mass is 304 g/mol. The van der Waals surface area contributed by atoms with E-state index in [9.17, 15) is 14.4 Å². The van der Waals surface area contributed by atoms with Gasteiger partial charge in [0.15, 0.2) is 0 Å². The maximum Gasteiger partial charge on any atom is 0.305 e. The molecule has 22 heavy (non-hydrogen) atoms. The molecule has 1 aliphatic heterocycles. The molecule has 1 atom stereocenters. The van der Waals surface area contributed by atoms with E-state index >= 15 is 0 Å². The molecular formula is C16H20N2O4. The van der Waals surface area contributed by atoms with Gasteiger partial charge in [-0.25, -0.2) is 0 Å². The second-order valence-corrected chi connectivity index (χ2v) is 5.30. The van der Waals surface area contributed by atoms with Crippen LogP contribution in [0.25, 0.3) is 0 Å². The van der Waals surface area contributed by atoms with Gasteiger partial charge in [0.05, 0.1) is 6.42 Å². The Morgan fingerprint density at radius 2 is 1.91 bits per heavy atom. The average molecular weight is 304 g/mol. The van der Waals surface area contributed by atoms with E-state index in [-0.39, 0.29) is 18.2 Å². The van der Waals surface area contributed by atoms with Crippen molar-refractivity contribution < 1.29 is 19.5 Å². The molecule has 1 unspecified atom stereocenters. The van der Waals surface area contributed by atoms with Crippen LogP contribution in [-0.4, -0.2) is 58.4 Å². The summed E-state index contributed by atoms with van der Waals surface area (Å²) in [5, 5.41) is 9.06. The smallest absolute Gasteiger partial charge is 0.305 e. The van der Waals surface area contributed by atoms with E-state index in [0.717, 1.165) is 6.42 Å². The predicted octanol–water partition coefficient (Wildman–Crippen LogP) is 1.22. The van der Waals surface area contributed by atoms with Gasteiger partial charge < -0.3 is 14.9 Å². The molecule has 1 heterocycles. The first-order valence-corrected chi connectivity index (χ1v) is 7.41. The molecule has 0 spiro atoms. The summed E-state index contributed by atoms with van der Waals surface area (Å²) in [7, 11) is 0. The summed E-state index contributed by atoms with van der Waals surface area (Å²) in [4.78, 5) is 39.1. The maximum absolute atomic E-state index is 12.6. The van der Waals surface area contributed by atoms with E-state index in [4.69, 9.17) is 5.11 Å². The third-order valence-electron chi connectivity index (χ3n) is 3.73. The van der Waals surface area contributed by atoms with Crippen molar-refractivity contribution in [1.29, 1.82) is 0 Å². The van der Waals surface area contributed by atoms with Crippen molar-refractivity contribution in [3.8, 4) is 0 Å². The van der Waals surface area contributed by atoms with Crippen LogP contribution in [0.2, 0.25) is 0 Å². The fourth-order valence-electron chi connectivity index (χ4n) is 2.68. The fourth-order valence-corrected chi connectivity index (χ4v) is 2.68. The van der Waals surface area contributed by atoms with Crippen LogP contribution in [0.15, 0.2) is 30.3 Å². The fraction of sp³-hybridized carbons (Fsp3) is 0.438. The molecule has 2 rings (SSSR count). The minimum Gasteiger partial charge on any atom is -0.481 e. The first kappa shape index (κ1) is 16.0. The number of aliphatic carboxylic acids is 1. The van der Waals surface area contributed by atoms with Gasteiger partial charge in [0, 0.05) is 25.2 Å². The van der Waals surface area contributed by atoms with E-state index in [1.165, 1.54) is 4.90 Å². The number of amides is 2. The molecule has 1 saturated heterocycles. The molecule has 1 N–H and O–H groups in total. The van der Waals surface area contributed by atoms with Gasteiger partial charge in [-0.1, -0.05) is 25.1 Å². The third-order valence-corrected chi connectivity index (χ3v) is 3.73. The molecule has 0 bridgehead atoms. The molecule has 0 aliphatic carbocycles. The van der Waals surface area contributed by atoms with Crippen LogP contribution < -0.4 is 0 Å². The maximum atomic E-state index is 12.6. The van der Waals surface area contributed by atoms with E-state index in [1.807, 2.05) is 6.92 Å². The lowest BCUT2D eigenvalue weighted by Gasteiger charge is -2.40. The van der Waals surface area contributed by atoms with Crippen molar-refractivity contribution in [3.63, 3.8) is 0 Å². The zero-order valence-corrected chi connectivity index (χ0v) is 12.6. The molecule has 0 aromatic heterocycles. The summed E-state index contributed by atoms with van der Waals surface area (Å²) in [6.07, 6.45) is 0.440. The Morgan fingerprint density at radius 1 is 1.23 bits per heavy atom. The van der Waals surface area contributed by atoms with Crippen LogP contribution in [0.3, 0.4) is 0 Å². The Morgan fingerprint density at radius 3 is 2.50 bits per heavy atom. The summed E-state index contributed by atoms with van der Waals surface area (Å²) in [6.45, 7) is 3.35. The molecule has 6 nitrogen and oxygen atoms in total. The van der Waals surface area contributed by atoms with Gasteiger partial charge in [-0.05, 0) is 18.6 Å². The van der Waals surface area contributed by atoms with Crippen molar-refractivity contribution in [2.45, 2.75) is 25.8 Å². The minimum atomic E-state index is -1.08. The summed E-state index contributed by atoms with van der Waals surface area (Å²) >= 11 is 0. The standard InChI is InChI=1S/C16H20N2O4/c1-2-8-17-9-10-18(13(16(17)22)11-14(19)20)15(21)12-6-4-3-5-7-12/h3-7,13H,2,8-11H2,1H3,(H,19,20). The van der Waals surface area contributed by atoms with Crippen molar-refractivity contribution in [3.05, 3.63) is 35.9 Å². The third kappa shape index (κ3) is 3.44. The number of rotatable bonds is 5. The number of nitrogens with zero attached hydrogens (tertiary/aromatic N) is 2. The Bertz CT molecular complexity index is 559. The molecule has 2 amide bonds. The second kappa shape index (κ2) is 7.06. The Balaban J connectivity index is 2.23. The largest absolute Gasteiger partial charge is 0.481 e. The zero-order valence-electron chi connectivity index (χ0n) is 12.6. The number of carbonyl (C=O) groups excluding carboxylic acids is 2. The number of piperazine rings is 1. The van der Waals surface area contributed by atoms with Gasteiger partial charge in [-0.2, -0.15) is 0 Å². The SMILES string of the molecule is CCCN1CCN(C(=O)c2ccccc2)C(CC(=O)O)C1=O. The molecule has 0 saturated carbocycles. The highest BCUT2D eigenvalue weighted by Crippen LogP contribution is 2.18. The number of carboxylic acids is 1. The lowest BCUT2D eigenvalue weighted by atomic mass is 10.0. The van der Waals surface area contributed by atoms with Crippen LogP contribution in [-0.2, 0) is 9.59 Å². The average Bonchev–Trinajstić information content (AvgIpc) is 2.51. The number of carbonyl (C=O) groups is 3. The molecular weight excluding hydrogens is 284 g/mol. The number of hydrogen-bond donors (Lipinski definition) is 1. The highest BCUT2D eigenvalue weighted by atomic mass is 16.4. The van der Waals surface area contributed by atoms with Crippen LogP contribution in [0, 0.1) is 0 Å². The van der Waals surface area contributed by atoms with Gasteiger partial charge in [-0.3, -0.25) is 14.4 Å². The second-order valence-electron chi connectivity index (χ2n) is 5.30. The van der Waals surface area contributed by atoms with Crippen LogP contribution in [0.5, 0.6) is 0 Å². The molecule has 118 valence electrons. The Labute approximate surface area is 129 Å². The van der Waals surface area contributed by atoms with Gasteiger partial charge in [0.1, 0.15) is 6.04 Å². The summed E-state index contributed by atoms with van der Waals surface area (Å²) in [5.41, 5.74) is 0.467. The van der Waals surface area contributed by atoms with Gasteiger partial charge >= 0.3 is 5.97 Å². The quantitative estimate of drug-likeness (QED) is 0.887. The first-order valence-electron chi connectivity index (χ1n) is 7.41. The van der Waals surface area contributed by atoms with Crippen LogP contribution in [0.1, 0.15) is 30.1 Å². The van der Waals surface area contributed by atoms with Gasteiger partial charge in [-0.15, -0.1) is 0 Å². The van der Waals surface area contributed by atoms with Crippen LogP contribution in [0.4, 0.5) is 0 Å². The summed E-state index contributed by atoms with van der Waals surface area (Å²) in [6, 6.07) is 7.70. The zero-order chi connectivity index (χ0) is 16.1. The Kier molecular flexibility index (Phi) is 5.14. The van der Waals surface area contributed by atoms with Crippen molar-refractivity contribution in [2.75, 3.05) is 19.6 Å². The Hall–Kier alpha value is -2.37. The van der Waals surface area contributed by atoms with E-state index in [2.05, 4.69) is 0 Å². The number of benzene rings is 1. The van der Waals surface area contributed by atoms with Crippen molar-refractivity contribution in [2.24, 2.45) is 0 Å². The highest BCUT2D eigenvalue weighted by Gasteiger charge is 2.38. The van der Waals surface area contributed by atoms with E-state index in [0.29, 0.717) is 25.2 Å². The minimum absolute atomic E-state index is 0.278. The molecule has 6 heteroatoms. The van der Waals surface area contributed by atoms with E-state index in [1.54, 1.807) is 35.2 Å². The molecule has 1 aliphatic rings. The normalized spacial score (nSPS) is 18.4. The number of carboxylic acid groups (broad SMARTS) is 1. The molecule has 0 radical (unpaired) electrons. The predicted molar refractivity (Wildman–Crippen MR) is 80.4 cm³/mol. The first-order chi connectivity index (χ1) is 10.5. The summed E-state index contributed by atoms with van der Waals surface area (Å²) in [5.74, 6) is -1.65. The van der Waals surface area contributed by atoms with E-state index < -0.39 is 12.0 Å². The number of hydrogen-bond acceptors (Lipinski definition) is 3. The lowest BCUT2D eigenvalue weighted by molar-refractivity contribution is -0.147. The molecule has 1 aromatic carbocycles. The van der Waals surface area contributed by atoms with Crippen LogP contribution >= 0.6 is 0 Å². The van der Waals surface area contributed by atoms with Crippen molar-refractivity contribution in [1.82, 2.24) is 9.80 Å².